The number of hydrogen-bond acceptors (Lipinski definition) is 2. The van der Waals surface area contributed by atoms with Gasteiger partial charge in [0, 0.05) is 17.8 Å². The molecule has 1 aliphatic heterocycles. The molecule has 18 heavy (non-hydrogen) atoms. The standard InChI is InChI=1S/C15H22FNS/c1-11(12-5-4-6-13(16)9-12)17-14-10-18-8-7-15(14,2)3/h4-6,9,11,14,17H,7-8,10H2,1-3H3/t11-,14?/m0/s1. The minimum Gasteiger partial charge on any atom is -0.306 e. The molecule has 2 rings (SSSR count). The average Bonchev–Trinajstić information content (AvgIpc) is 2.31. The Morgan fingerprint density at radius 2 is 2.22 bits per heavy atom. The Kier molecular flexibility index (Phi) is 4.33. The molecule has 0 spiro atoms. The van der Waals surface area contributed by atoms with Gasteiger partial charge in [0.25, 0.3) is 0 Å². The van der Waals surface area contributed by atoms with Gasteiger partial charge >= 0.3 is 0 Å². The second kappa shape index (κ2) is 5.62. The smallest absolute Gasteiger partial charge is 0.123 e. The van der Waals surface area contributed by atoms with Crippen LogP contribution in [-0.4, -0.2) is 17.5 Å². The van der Waals surface area contributed by atoms with E-state index in [1.54, 1.807) is 12.1 Å². The minimum absolute atomic E-state index is 0.154. The first-order valence-electron chi connectivity index (χ1n) is 6.58. The Labute approximate surface area is 114 Å². The van der Waals surface area contributed by atoms with Gasteiger partial charge < -0.3 is 5.32 Å². The first kappa shape index (κ1) is 13.9. The maximum atomic E-state index is 13.2. The predicted molar refractivity (Wildman–Crippen MR) is 77.5 cm³/mol. The first-order chi connectivity index (χ1) is 8.49. The van der Waals surface area contributed by atoms with Gasteiger partial charge in [-0.2, -0.15) is 11.8 Å². The summed E-state index contributed by atoms with van der Waals surface area (Å²) in [7, 11) is 0. The molecule has 1 fully saturated rings. The summed E-state index contributed by atoms with van der Waals surface area (Å²) in [5.41, 5.74) is 1.36. The van der Waals surface area contributed by atoms with Crippen LogP contribution < -0.4 is 5.32 Å². The summed E-state index contributed by atoms with van der Waals surface area (Å²) < 4.78 is 13.2. The van der Waals surface area contributed by atoms with Crippen LogP contribution in [0.15, 0.2) is 24.3 Å². The fourth-order valence-electron chi connectivity index (χ4n) is 2.38. The zero-order chi connectivity index (χ0) is 13.2. The summed E-state index contributed by atoms with van der Waals surface area (Å²) >= 11 is 2.01. The lowest BCUT2D eigenvalue weighted by Gasteiger charge is -2.40. The highest BCUT2D eigenvalue weighted by Crippen LogP contribution is 2.35. The summed E-state index contributed by atoms with van der Waals surface area (Å²) in [6.07, 6.45) is 1.24. The van der Waals surface area contributed by atoms with Crippen molar-refractivity contribution in [1.82, 2.24) is 5.32 Å². The Bertz CT molecular complexity index is 405. The number of benzene rings is 1. The van der Waals surface area contributed by atoms with Crippen molar-refractivity contribution in [3.8, 4) is 0 Å². The molecule has 0 amide bonds. The number of halogens is 1. The van der Waals surface area contributed by atoms with Gasteiger partial charge in [-0.25, -0.2) is 4.39 Å². The summed E-state index contributed by atoms with van der Waals surface area (Å²) in [6, 6.07) is 7.59. The average molecular weight is 267 g/mol. The summed E-state index contributed by atoms with van der Waals surface area (Å²) in [6.45, 7) is 6.76. The van der Waals surface area contributed by atoms with E-state index in [-0.39, 0.29) is 11.9 Å². The Morgan fingerprint density at radius 3 is 2.89 bits per heavy atom. The highest BCUT2D eigenvalue weighted by atomic mass is 32.2. The van der Waals surface area contributed by atoms with E-state index in [1.165, 1.54) is 18.2 Å². The summed E-state index contributed by atoms with van der Waals surface area (Å²) in [5.74, 6) is 2.24. The van der Waals surface area contributed by atoms with Crippen molar-refractivity contribution in [3.63, 3.8) is 0 Å². The quantitative estimate of drug-likeness (QED) is 0.888. The van der Waals surface area contributed by atoms with Crippen molar-refractivity contribution < 1.29 is 4.39 Å². The molecule has 1 heterocycles. The summed E-state index contributed by atoms with van der Waals surface area (Å²) in [5, 5.41) is 3.67. The molecule has 3 heteroatoms. The molecule has 0 radical (unpaired) electrons. The van der Waals surface area contributed by atoms with E-state index in [9.17, 15) is 4.39 Å². The molecule has 1 unspecified atom stereocenters. The van der Waals surface area contributed by atoms with Crippen LogP contribution in [0.5, 0.6) is 0 Å². The van der Waals surface area contributed by atoms with Crippen LogP contribution >= 0.6 is 11.8 Å². The lowest BCUT2D eigenvalue weighted by atomic mass is 9.81. The van der Waals surface area contributed by atoms with Crippen molar-refractivity contribution in [1.29, 1.82) is 0 Å². The lowest BCUT2D eigenvalue weighted by molar-refractivity contribution is 0.232. The molecule has 1 N–H and O–H groups in total. The SMILES string of the molecule is C[C@H](NC1CSCCC1(C)C)c1cccc(F)c1. The van der Waals surface area contributed by atoms with Crippen LogP contribution in [0.3, 0.4) is 0 Å². The molecular formula is C15H22FNS. The number of nitrogens with one attached hydrogen (secondary N) is 1. The highest BCUT2D eigenvalue weighted by molar-refractivity contribution is 7.99. The van der Waals surface area contributed by atoms with Gasteiger partial charge in [-0.1, -0.05) is 26.0 Å². The molecule has 2 atom stereocenters. The monoisotopic (exact) mass is 267 g/mol. The number of hydrogen-bond donors (Lipinski definition) is 1. The molecule has 0 saturated carbocycles. The molecule has 1 aromatic rings. The van der Waals surface area contributed by atoms with Crippen molar-refractivity contribution in [2.75, 3.05) is 11.5 Å². The van der Waals surface area contributed by atoms with E-state index < -0.39 is 0 Å². The van der Waals surface area contributed by atoms with Gasteiger partial charge in [0.2, 0.25) is 0 Å². The van der Waals surface area contributed by atoms with E-state index in [4.69, 9.17) is 0 Å². The van der Waals surface area contributed by atoms with E-state index in [0.29, 0.717) is 11.5 Å². The van der Waals surface area contributed by atoms with Crippen molar-refractivity contribution >= 4 is 11.8 Å². The zero-order valence-electron chi connectivity index (χ0n) is 11.4. The fraction of sp³-hybridized carbons (Fsp3) is 0.600. The second-order valence-corrected chi connectivity index (χ2v) is 6.96. The molecule has 0 aliphatic carbocycles. The third kappa shape index (κ3) is 3.27. The molecule has 0 aromatic heterocycles. The molecule has 100 valence electrons. The third-order valence-corrected chi connectivity index (χ3v) is 4.98. The second-order valence-electron chi connectivity index (χ2n) is 5.81. The van der Waals surface area contributed by atoms with Crippen LogP contribution in [0.1, 0.15) is 38.8 Å². The van der Waals surface area contributed by atoms with Crippen LogP contribution in [0.25, 0.3) is 0 Å². The molecule has 1 aliphatic rings. The van der Waals surface area contributed by atoms with Crippen LogP contribution in [-0.2, 0) is 0 Å². The van der Waals surface area contributed by atoms with Gasteiger partial charge in [0.1, 0.15) is 5.82 Å². The molecule has 1 aromatic carbocycles. The van der Waals surface area contributed by atoms with Crippen molar-refractivity contribution in [3.05, 3.63) is 35.6 Å². The number of rotatable bonds is 3. The zero-order valence-corrected chi connectivity index (χ0v) is 12.2. The maximum Gasteiger partial charge on any atom is 0.123 e. The maximum absolute atomic E-state index is 13.2. The van der Waals surface area contributed by atoms with Crippen LogP contribution in [0.4, 0.5) is 4.39 Å². The largest absolute Gasteiger partial charge is 0.306 e. The molecule has 0 bridgehead atoms. The Balaban J connectivity index is 2.04. The number of thioether (sulfide) groups is 1. The molecular weight excluding hydrogens is 245 g/mol. The normalized spacial score (nSPS) is 24.8. The lowest BCUT2D eigenvalue weighted by Crippen LogP contribution is -2.47. The van der Waals surface area contributed by atoms with E-state index in [1.807, 2.05) is 17.8 Å². The van der Waals surface area contributed by atoms with Crippen LogP contribution in [0.2, 0.25) is 0 Å². The summed E-state index contributed by atoms with van der Waals surface area (Å²) in [4.78, 5) is 0. The van der Waals surface area contributed by atoms with E-state index >= 15 is 0 Å². The third-order valence-electron chi connectivity index (χ3n) is 3.92. The molecule has 1 nitrogen and oxygen atoms in total. The van der Waals surface area contributed by atoms with Crippen molar-refractivity contribution in [2.45, 2.75) is 39.3 Å². The van der Waals surface area contributed by atoms with Gasteiger partial charge in [-0.15, -0.1) is 0 Å². The first-order valence-corrected chi connectivity index (χ1v) is 7.74. The highest BCUT2D eigenvalue weighted by Gasteiger charge is 2.33. The topological polar surface area (TPSA) is 12.0 Å². The fourth-order valence-corrected chi connectivity index (χ4v) is 4.00. The van der Waals surface area contributed by atoms with Crippen molar-refractivity contribution in [2.24, 2.45) is 5.41 Å². The van der Waals surface area contributed by atoms with Gasteiger partial charge in [-0.05, 0) is 42.2 Å². The predicted octanol–water partition coefficient (Wildman–Crippen LogP) is 4.01. The Morgan fingerprint density at radius 1 is 1.44 bits per heavy atom. The minimum atomic E-state index is -0.154. The van der Waals surface area contributed by atoms with Gasteiger partial charge in [0.05, 0.1) is 0 Å². The van der Waals surface area contributed by atoms with E-state index in [2.05, 4.69) is 26.1 Å². The van der Waals surface area contributed by atoms with Crippen LogP contribution in [0, 0.1) is 11.2 Å². The van der Waals surface area contributed by atoms with E-state index in [0.717, 1.165) is 11.3 Å². The van der Waals surface area contributed by atoms with Gasteiger partial charge in [-0.3, -0.25) is 0 Å². The van der Waals surface area contributed by atoms with Gasteiger partial charge in [0.15, 0.2) is 0 Å². The molecule has 1 saturated heterocycles. The Hall–Kier alpha value is -0.540.